The number of nitrogens with zero attached hydrogens (tertiary/aromatic N) is 1. The number of hydrogen-bond donors (Lipinski definition) is 1. The van der Waals surface area contributed by atoms with Gasteiger partial charge in [-0.05, 0) is 0 Å². The van der Waals surface area contributed by atoms with E-state index in [-0.39, 0.29) is 23.8 Å². The molecule has 0 amide bonds. The van der Waals surface area contributed by atoms with Gasteiger partial charge in [0.2, 0.25) is 0 Å². The van der Waals surface area contributed by atoms with Crippen LogP contribution in [-0.2, 0) is 14.9 Å². The van der Waals surface area contributed by atoms with Crippen LogP contribution in [0, 0.1) is 0 Å². The van der Waals surface area contributed by atoms with Crippen LogP contribution in [0.15, 0.2) is 5.38 Å². The van der Waals surface area contributed by atoms with Crippen LogP contribution >= 0.6 is 11.3 Å². The summed E-state index contributed by atoms with van der Waals surface area (Å²) in [5.74, 6) is -0.308. The van der Waals surface area contributed by atoms with Crippen LogP contribution < -0.4 is 5.73 Å². The monoisotopic (exact) mass is 242 g/mol. The van der Waals surface area contributed by atoms with Crippen LogP contribution in [0.5, 0.6) is 0 Å². The van der Waals surface area contributed by atoms with Gasteiger partial charge in [0.05, 0.1) is 30.3 Å². The normalized spacial score (nSPS) is 13.6. The third-order valence-corrected chi connectivity index (χ3v) is 3.44. The van der Waals surface area contributed by atoms with Crippen LogP contribution in [0.2, 0.25) is 0 Å². The van der Waals surface area contributed by atoms with E-state index in [0.29, 0.717) is 0 Å². The molecule has 0 aromatic carbocycles. The van der Waals surface area contributed by atoms with Crippen LogP contribution in [0.4, 0.5) is 0 Å². The van der Waals surface area contributed by atoms with E-state index in [4.69, 9.17) is 5.73 Å². The first-order valence-corrected chi connectivity index (χ1v) is 6.01. The van der Waals surface area contributed by atoms with Gasteiger partial charge in [0.15, 0.2) is 0 Å². The highest BCUT2D eigenvalue weighted by Crippen LogP contribution is 2.27. The highest BCUT2D eigenvalue weighted by Gasteiger charge is 2.21. The van der Waals surface area contributed by atoms with Gasteiger partial charge >= 0.3 is 5.97 Å². The van der Waals surface area contributed by atoms with E-state index in [1.54, 1.807) is 11.3 Å². The van der Waals surface area contributed by atoms with Gasteiger partial charge in [-0.3, -0.25) is 4.79 Å². The number of carbonyl (C=O) groups is 1. The van der Waals surface area contributed by atoms with E-state index in [1.165, 1.54) is 7.11 Å². The molecule has 0 bridgehead atoms. The van der Waals surface area contributed by atoms with Gasteiger partial charge in [0, 0.05) is 10.8 Å². The van der Waals surface area contributed by atoms with Gasteiger partial charge in [-0.1, -0.05) is 20.8 Å². The summed E-state index contributed by atoms with van der Waals surface area (Å²) in [7, 11) is 1.36. The topological polar surface area (TPSA) is 65.2 Å². The quantitative estimate of drug-likeness (QED) is 0.823. The van der Waals surface area contributed by atoms with Gasteiger partial charge < -0.3 is 10.5 Å². The van der Waals surface area contributed by atoms with E-state index in [1.807, 2.05) is 5.38 Å². The fourth-order valence-corrected chi connectivity index (χ4v) is 2.14. The molecule has 16 heavy (non-hydrogen) atoms. The van der Waals surface area contributed by atoms with Crippen molar-refractivity contribution in [2.45, 2.75) is 38.6 Å². The molecule has 0 saturated heterocycles. The Morgan fingerprint density at radius 1 is 1.62 bits per heavy atom. The number of methoxy groups -OCH3 is 1. The molecule has 0 radical (unpaired) electrons. The molecule has 0 fully saturated rings. The van der Waals surface area contributed by atoms with Crippen LogP contribution in [-0.4, -0.2) is 18.1 Å². The zero-order chi connectivity index (χ0) is 12.3. The molecule has 4 nitrogen and oxygen atoms in total. The summed E-state index contributed by atoms with van der Waals surface area (Å²) in [6.07, 6.45) is 0.170. The maximum Gasteiger partial charge on any atom is 0.307 e. The van der Waals surface area contributed by atoms with E-state index >= 15 is 0 Å². The molecule has 0 saturated carbocycles. The zero-order valence-electron chi connectivity index (χ0n) is 10.1. The number of rotatable bonds is 3. The van der Waals surface area contributed by atoms with Gasteiger partial charge in [-0.2, -0.15) is 0 Å². The van der Waals surface area contributed by atoms with Gasteiger partial charge in [-0.15, -0.1) is 11.3 Å². The number of esters is 1. The first-order valence-electron chi connectivity index (χ1n) is 5.13. The second-order valence-corrected chi connectivity index (χ2v) is 5.57. The lowest BCUT2D eigenvalue weighted by Gasteiger charge is -2.14. The van der Waals surface area contributed by atoms with Gasteiger partial charge in [0.25, 0.3) is 0 Å². The molecule has 5 heteroatoms. The minimum atomic E-state index is -0.375. The number of carbonyl (C=O) groups excluding carboxylic acids is 1. The van der Waals surface area contributed by atoms with Crippen molar-refractivity contribution in [3.8, 4) is 0 Å². The Labute approximate surface area is 99.8 Å². The molecule has 1 aromatic heterocycles. The van der Waals surface area contributed by atoms with E-state index in [9.17, 15) is 4.79 Å². The summed E-state index contributed by atoms with van der Waals surface area (Å²) in [6.45, 7) is 6.30. The molecule has 0 aliphatic carbocycles. The lowest BCUT2D eigenvalue weighted by atomic mass is 9.98. The number of nitrogens with two attached hydrogens (primary N) is 1. The summed E-state index contributed by atoms with van der Waals surface area (Å²) in [6, 6.07) is -0.375. The lowest BCUT2D eigenvalue weighted by Crippen LogP contribution is -2.17. The number of aromatic nitrogens is 1. The largest absolute Gasteiger partial charge is 0.469 e. The highest BCUT2D eigenvalue weighted by atomic mass is 32.1. The van der Waals surface area contributed by atoms with Crippen molar-refractivity contribution in [2.24, 2.45) is 5.73 Å². The Bertz CT molecular complexity index is 368. The third kappa shape index (κ3) is 3.28. The molecule has 1 atom stereocenters. The van der Waals surface area contributed by atoms with E-state index < -0.39 is 0 Å². The lowest BCUT2D eigenvalue weighted by molar-refractivity contribution is -0.141. The van der Waals surface area contributed by atoms with E-state index in [0.717, 1.165) is 10.7 Å². The van der Waals surface area contributed by atoms with Crippen molar-refractivity contribution < 1.29 is 9.53 Å². The standard InChI is InChI=1S/C11H18N2O2S/c1-11(2,3)10-13-8(6-16-10)7(12)5-9(14)15-4/h6-7H,5,12H2,1-4H3/t7-/m1/s1. The second kappa shape index (κ2) is 4.93. The van der Waals surface area contributed by atoms with Crippen molar-refractivity contribution in [3.05, 3.63) is 16.1 Å². The average molecular weight is 242 g/mol. The van der Waals surface area contributed by atoms with E-state index in [2.05, 4.69) is 30.5 Å². The fraction of sp³-hybridized carbons (Fsp3) is 0.636. The Morgan fingerprint density at radius 2 is 2.25 bits per heavy atom. The number of hydrogen-bond acceptors (Lipinski definition) is 5. The Kier molecular flexibility index (Phi) is 4.04. The molecule has 1 rings (SSSR count). The summed E-state index contributed by atoms with van der Waals surface area (Å²) < 4.78 is 4.57. The average Bonchev–Trinajstić information content (AvgIpc) is 2.65. The van der Waals surface area contributed by atoms with Crippen LogP contribution in [0.3, 0.4) is 0 Å². The zero-order valence-corrected chi connectivity index (χ0v) is 10.9. The minimum Gasteiger partial charge on any atom is -0.469 e. The summed E-state index contributed by atoms with van der Waals surface area (Å²) in [5.41, 5.74) is 6.66. The Morgan fingerprint density at radius 3 is 2.69 bits per heavy atom. The smallest absolute Gasteiger partial charge is 0.307 e. The predicted molar refractivity (Wildman–Crippen MR) is 64.4 cm³/mol. The predicted octanol–water partition coefficient (Wildman–Crippen LogP) is 2.00. The summed E-state index contributed by atoms with van der Waals surface area (Å²) in [4.78, 5) is 15.5. The maximum atomic E-state index is 11.1. The molecular formula is C11H18N2O2S. The van der Waals surface area contributed by atoms with Crippen molar-refractivity contribution in [2.75, 3.05) is 7.11 Å². The SMILES string of the molecule is COC(=O)C[C@@H](N)c1csc(C(C)(C)C)n1. The number of ether oxygens (including phenoxy) is 1. The molecule has 0 unspecified atom stereocenters. The van der Waals surface area contributed by atoms with Crippen molar-refractivity contribution >= 4 is 17.3 Å². The third-order valence-electron chi connectivity index (χ3n) is 2.16. The molecule has 1 aromatic rings. The minimum absolute atomic E-state index is 0.0217. The van der Waals surface area contributed by atoms with Crippen LogP contribution in [0.1, 0.15) is 43.9 Å². The number of thiazole rings is 1. The molecule has 90 valence electrons. The first-order chi connectivity index (χ1) is 7.34. The molecule has 0 aliphatic heterocycles. The Hall–Kier alpha value is -0.940. The maximum absolute atomic E-state index is 11.1. The van der Waals surface area contributed by atoms with Crippen molar-refractivity contribution in [1.82, 2.24) is 4.98 Å². The fourth-order valence-electron chi connectivity index (χ4n) is 1.17. The molecule has 2 N–H and O–H groups in total. The first kappa shape index (κ1) is 13.1. The summed E-state index contributed by atoms with van der Waals surface area (Å²) >= 11 is 1.58. The second-order valence-electron chi connectivity index (χ2n) is 4.71. The molecule has 0 aliphatic rings. The molecule has 0 spiro atoms. The van der Waals surface area contributed by atoms with Crippen molar-refractivity contribution in [1.29, 1.82) is 0 Å². The van der Waals surface area contributed by atoms with Gasteiger partial charge in [0.1, 0.15) is 0 Å². The van der Waals surface area contributed by atoms with Crippen LogP contribution in [0.25, 0.3) is 0 Å². The molecule has 1 heterocycles. The highest BCUT2D eigenvalue weighted by molar-refractivity contribution is 7.09. The van der Waals surface area contributed by atoms with Gasteiger partial charge in [-0.25, -0.2) is 4.98 Å². The Balaban J connectivity index is 2.74. The summed E-state index contributed by atoms with van der Waals surface area (Å²) in [5, 5.41) is 2.94. The molecular weight excluding hydrogens is 224 g/mol. The van der Waals surface area contributed by atoms with Crippen molar-refractivity contribution in [3.63, 3.8) is 0 Å².